The number of ether oxygens (including phenoxy) is 4. The van der Waals surface area contributed by atoms with Gasteiger partial charge in [0.25, 0.3) is 0 Å². The summed E-state index contributed by atoms with van der Waals surface area (Å²) in [5.41, 5.74) is 29.6. The molecule has 194 valence electrons. The van der Waals surface area contributed by atoms with Gasteiger partial charge >= 0.3 is 0 Å². The van der Waals surface area contributed by atoms with Gasteiger partial charge in [-0.1, -0.05) is 0 Å². The van der Waals surface area contributed by atoms with Gasteiger partial charge in [0.05, 0.1) is 18.7 Å². The molecule has 3 rings (SSSR count). The van der Waals surface area contributed by atoms with Crippen LogP contribution in [0.5, 0.6) is 0 Å². The molecule has 2 heterocycles. The van der Waals surface area contributed by atoms with Crippen molar-refractivity contribution >= 4 is 0 Å². The Kier molecular flexibility index (Phi) is 8.99. The van der Waals surface area contributed by atoms with Crippen molar-refractivity contribution in [2.24, 2.45) is 28.7 Å². The summed E-state index contributed by atoms with van der Waals surface area (Å²) in [6, 6.07) is -3.92. The zero-order valence-electron chi connectivity index (χ0n) is 18.0. The molecule has 16 N–H and O–H groups in total. The summed E-state index contributed by atoms with van der Waals surface area (Å²) in [5.74, 6) is 0. The van der Waals surface area contributed by atoms with Crippen molar-refractivity contribution in [3.63, 3.8) is 0 Å². The van der Waals surface area contributed by atoms with Crippen LogP contribution < -0.4 is 28.7 Å². The Morgan fingerprint density at radius 2 is 1.21 bits per heavy atom. The maximum Gasteiger partial charge on any atom is 0.186 e. The minimum absolute atomic E-state index is 0.115. The summed E-state index contributed by atoms with van der Waals surface area (Å²) in [6.07, 6.45) is -13.9. The molecule has 0 bridgehead atoms. The summed E-state index contributed by atoms with van der Waals surface area (Å²) in [5, 5.41) is 60.9. The second-order valence-electron chi connectivity index (χ2n) is 8.88. The molecule has 1 aliphatic carbocycles. The van der Waals surface area contributed by atoms with Gasteiger partial charge in [0.15, 0.2) is 12.6 Å². The van der Waals surface area contributed by atoms with Crippen LogP contribution >= 0.6 is 0 Å². The van der Waals surface area contributed by atoms with E-state index in [1.807, 2.05) is 0 Å². The second kappa shape index (κ2) is 11.0. The molecule has 15 atom stereocenters. The number of aliphatic hydroxyl groups excluding tert-OH is 6. The van der Waals surface area contributed by atoms with Crippen molar-refractivity contribution in [1.29, 1.82) is 0 Å². The third kappa shape index (κ3) is 5.32. The molecule has 3 aliphatic rings. The fourth-order valence-electron chi connectivity index (χ4n) is 4.45. The maximum atomic E-state index is 11.0. The first-order valence-corrected chi connectivity index (χ1v) is 10.9. The maximum absolute atomic E-state index is 11.0. The Morgan fingerprint density at radius 1 is 0.667 bits per heavy atom. The van der Waals surface area contributed by atoms with E-state index in [2.05, 4.69) is 0 Å². The van der Waals surface area contributed by atoms with Gasteiger partial charge in [0.2, 0.25) is 0 Å². The summed E-state index contributed by atoms with van der Waals surface area (Å²) >= 11 is 0. The average Bonchev–Trinajstić information content (AvgIpc) is 2.79. The average molecular weight is 484 g/mol. The Balaban J connectivity index is 1.72. The number of aliphatic hydroxyl groups is 6. The largest absolute Gasteiger partial charge is 0.394 e. The van der Waals surface area contributed by atoms with Crippen molar-refractivity contribution < 1.29 is 49.6 Å². The van der Waals surface area contributed by atoms with E-state index < -0.39 is 98.3 Å². The molecular weight excluding hydrogens is 446 g/mol. The van der Waals surface area contributed by atoms with Crippen LogP contribution in [0, 0.1) is 0 Å². The Morgan fingerprint density at radius 3 is 1.76 bits per heavy atom. The van der Waals surface area contributed by atoms with E-state index in [9.17, 15) is 30.6 Å². The Bertz CT molecular complexity index is 585. The molecule has 0 spiro atoms. The van der Waals surface area contributed by atoms with Crippen molar-refractivity contribution in [3.8, 4) is 0 Å². The monoisotopic (exact) mass is 483 g/mol. The predicted molar refractivity (Wildman–Crippen MR) is 110 cm³/mol. The first-order chi connectivity index (χ1) is 15.5. The standard InChI is InChI=1S/C18H37N5O10/c19-2-6-11(26)12(27)9(23)17(30-6)32-15-4(20)1-5(21)16(14(15)29)33-18-13(28)8(22)10(25)7(3-24)31-18/h4-18,24-29H,1-3,19-23H2/t4?,5?,6?,7-,8-,9-,10?,11-,12-,13?,14+,15-,16-,17-,18?/m1/s1. The van der Waals surface area contributed by atoms with E-state index in [1.54, 1.807) is 0 Å². The third-order valence-electron chi connectivity index (χ3n) is 6.56. The van der Waals surface area contributed by atoms with Gasteiger partial charge in [0, 0.05) is 18.6 Å². The van der Waals surface area contributed by atoms with Crippen molar-refractivity contribution in [3.05, 3.63) is 0 Å². The molecule has 33 heavy (non-hydrogen) atoms. The molecule has 3 fully saturated rings. The van der Waals surface area contributed by atoms with Crippen molar-refractivity contribution in [2.45, 2.75) is 98.1 Å². The van der Waals surface area contributed by atoms with Gasteiger partial charge in [0.1, 0.15) is 54.9 Å². The lowest BCUT2D eigenvalue weighted by Gasteiger charge is -2.48. The van der Waals surface area contributed by atoms with Gasteiger partial charge in [-0.25, -0.2) is 0 Å². The molecule has 0 aromatic rings. The smallest absolute Gasteiger partial charge is 0.186 e. The van der Waals surface area contributed by atoms with Crippen LogP contribution in [-0.2, 0) is 18.9 Å². The summed E-state index contributed by atoms with van der Waals surface area (Å²) in [7, 11) is 0. The number of nitrogens with two attached hydrogens (primary N) is 5. The lowest BCUT2D eigenvalue weighted by Crippen LogP contribution is -2.69. The molecule has 0 aromatic heterocycles. The van der Waals surface area contributed by atoms with Crippen LogP contribution in [0.25, 0.3) is 0 Å². The number of rotatable bonds is 6. The molecule has 0 amide bonds. The van der Waals surface area contributed by atoms with Crippen LogP contribution in [0.1, 0.15) is 6.42 Å². The first-order valence-electron chi connectivity index (χ1n) is 10.9. The number of hydrogen-bond donors (Lipinski definition) is 11. The van der Waals surface area contributed by atoms with Crippen LogP contribution in [0.3, 0.4) is 0 Å². The molecule has 15 heteroatoms. The highest BCUT2D eigenvalue weighted by atomic mass is 16.7. The van der Waals surface area contributed by atoms with Gasteiger partial charge in [-0.05, 0) is 6.42 Å². The van der Waals surface area contributed by atoms with Crippen molar-refractivity contribution in [1.82, 2.24) is 0 Å². The van der Waals surface area contributed by atoms with Crippen LogP contribution in [0.4, 0.5) is 0 Å². The Hall–Kier alpha value is -0.600. The summed E-state index contributed by atoms with van der Waals surface area (Å²) < 4.78 is 22.5. The number of hydrogen-bond acceptors (Lipinski definition) is 15. The van der Waals surface area contributed by atoms with Crippen LogP contribution in [0.15, 0.2) is 0 Å². The zero-order chi connectivity index (χ0) is 24.6. The minimum Gasteiger partial charge on any atom is -0.394 e. The topological polar surface area (TPSA) is 288 Å². The zero-order valence-corrected chi connectivity index (χ0v) is 18.0. The molecule has 6 unspecified atom stereocenters. The summed E-state index contributed by atoms with van der Waals surface area (Å²) in [6.45, 7) is -0.694. The molecule has 15 nitrogen and oxygen atoms in total. The molecule has 2 aliphatic heterocycles. The van der Waals surface area contributed by atoms with Gasteiger partial charge in [-0.15, -0.1) is 0 Å². The first kappa shape index (κ1) is 27.0. The molecule has 1 saturated carbocycles. The fourth-order valence-corrected chi connectivity index (χ4v) is 4.45. The summed E-state index contributed by atoms with van der Waals surface area (Å²) in [4.78, 5) is 0. The van der Waals surface area contributed by atoms with E-state index in [1.165, 1.54) is 0 Å². The van der Waals surface area contributed by atoms with Crippen LogP contribution in [-0.4, -0.2) is 135 Å². The second-order valence-corrected chi connectivity index (χ2v) is 8.88. The van der Waals surface area contributed by atoms with Crippen LogP contribution in [0.2, 0.25) is 0 Å². The highest BCUT2D eigenvalue weighted by Crippen LogP contribution is 2.30. The molecular formula is C18H37N5O10. The van der Waals surface area contributed by atoms with E-state index in [4.69, 9.17) is 47.6 Å². The normalized spacial score (nSPS) is 53.7. The molecule has 0 aromatic carbocycles. The minimum atomic E-state index is -1.48. The van der Waals surface area contributed by atoms with Gasteiger partial charge < -0.3 is 78.3 Å². The van der Waals surface area contributed by atoms with Gasteiger partial charge in [-0.3, -0.25) is 0 Å². The lowest BCUT2D eigenvalue weighted by molar-refractivity contribution is -0.318. The highest BCUT2D eigenvalue weighted by Gasteiger charge is 2.51. The van der Waals surface area contributed by atoms with E-state index >= 15 is 0 Å². The fraction of sp³-hybridized carbons (Fsp3) is 1.00. The predicted octanol–water partition coefficient (Wildman–Crippen LogP) is -7.33. The van der Waals surface area contributed by atoms with E-state index in [-0.39, 0.29) is 13.0 Å². The quantitative estimate of drug-likeness (QED) is 0.167. The SMILES string of the molecule is NCC1O[C@H](O[C@@H]2C(N)CC(N)[C@@H](OC3O[C@H](CO)C(O)[C@@H](N)C3O)[C@H]2O)[C@H](N)[C@@H](O)[C@@H]1O. The van der Waals surface area contributed by atoms with E-state index in [0.717, 1.165) is 0 Å². The van der Waals surface area contributed by atoms with E-state index in [0.29, 0.717) is 0 Å². The molecule has 0 radical (unpaired) electrons. The third-order valence-corrected chi connectivity index (χ3v) is 6.56. The molecule has 2 saturated heterocycles. The Labute approximate surface area is 190 Å². The lowest BCUT2D eigenvalue weighted by atomic mass is 9.84. The van der Waals surface area contributed by atoms with Gasteiger partial charge in [-0.2, -0.15) is 0 Å². The van der Waals surface area contributed by atoms with Crippen molar-refractivity contribution in [2.75, 3.05) is 13.2 Å². The highest BCUT2D eigenvalue weighted by molar-refractivity contribution is 5.01.